The van der Waals surface area contributed by atoms with Gasteiger partial charge < -0.3 is 16.0 Å². The summed E-state index contributed by atoms with van der Waals surface area (Å²) >= 11 is 0. The van der Waals surface area contributed by atoms with Gasteiger partial charge in [-0.1, -0.05) is 12.5 Å². The Morgan fingerprint density at radius 3 is 2.62 bits per heavy atom. The second kappa shape index (κ2) is 7.42. The minimum atomic E-state index is -4.15. The highest BCUT2D eigenvalue weighted by Gasteiger charge is 2.42. The number of nitrogens with one attached hydrogen (secondary N) is 1. The van der Waals surface area contributed by atoms with Crippen LogP contribution in [0.2, 0.25) is 0 Å². The first-order valence-corrected chi connectivity index (χ1v) is 8.07. The molecular formula is C17H24F3N3O. The molecule has 7 heteroatoms. The summed E-state index contributed by atoms with van der Waals surface area (Å²) in [4.78, 5) is 13.4. The molecule has 1 amide bonds. The van der Waals surface area contributed by atoms with E-state index in [0.717, 1.165) is 5.56 Å². The number of benzene rings is 1. The summed E-state index contributed by atoms with van der Waals surface area (Å²) in [5.41, 5.74) is 7.29. The highest BCUT2D eigenvalue weighted by molar-refractivity contribution is 5.94. The first-order valence-electron chi connectivity index (χ1n) is 8.07. The van der Waals surface area contributed by atoms with Crippen LogP contribution in [0.3, 0.4) is 0 Å². The summed E-state index contributed by atoms with van der Waals surface area (Å²) in [6.45, 7) is 0.622. The number of halogens is 3. The van der Waals surface area contributed by atoms with Crippen molar-refractivity contribution in [1.82, 2.24) is 4.90 Å². The normalized spacial score (nSPS) is 21.8. The number of carbonyl (C=O) groups excluding carboxylic acids is 1. The summed E-state index contributed by atoms with van der Waals surface area (Å²) < 4.78 is 38.9. The van der Waals surface area contributed by atoms with E-state index in [1.807, 2.05) is 19.0 Å². The fourth-order valence-corrected chi connectivity index (χ4v) is 3.18. The summed E-state index contributed by atoms with van der Waals surface area (Å²) in [6, 6.07) is 4.82. The highest BCUT2D eigenvalue weighted by Crippen LogP contribution is 2.38. The van der Waals surface area contributed by atoms with Gasteiger partial charge in [-0.15, -0.1) is 0 Å². The monoisotopic (exact) mass is 343 g/mol. The first-order chi connectivity index (χ1) is 11.2. The molecule has 1 saturated carbocycles. The van der Waals surface area contributed by atoms with Crippen LogP contribution in [0.15, 0.2) is 18.2 Å². The minimum absolute atomic E-state index is 0.0612. The Balaban J connectivity index is 2.20. The van der Waals surface area contributed by atoms with Crippen molar-refractivity contribution in [2.75, 3.05) is 19.4 Å². The van der Waals surface area contributed by atoms with Crippen LogP contribution in [0.25, 0.3) is 0 Å². The van der Waals surface area contributed by atoms with Crippen molar-refractivity contribution in [1.29, 1.82) is 0 Å². The summed E-state index contributed by atoms with van der Waals surface area (Å²) in [6.07, 6.45) is -2.67. The number of amides is 1. The third-order valence-corrected chi connectivity index (χ3v) is 4.38. The number of alkyl halides is 3. The number of nitrogens with zero attached hydrogens (tertiary/aromatic N) is 1. The molecule has 0 radical (unpaired) electrons. The molecule has 0 bridgehead atoms. The Morgan fingerprint density at radius 1 is 1.33 bits per heavy atom. The molecule has 0 heterocycles. The third-order valence-electron chi connectivity index (χ3n) is 4.38. The standard InChI is InChI=1S/C17H24F3N3O/c1-23(2)10-12-7-6-11(16(21)24)8-15(12)22-14-5-3-4-13(9-14)17(18,19)20/h6-8,13-14,22H,3-5,9-10H2,1-2H3,(H2,21,24)/t13-,14-/m1/s1. The van der Waals surface area contributed by atoms with Crippen LogP contribution in [0, 0.1) is 5.92 Å². The smallest absolute Gasteiger partial charge is 0.382 e. The van der Waals surface area contributed by atoms with E-state index in [-0.39, 0.29) is 18.9 Å². The molecule has 134 valence electrons. The van der Waals surface area contributed by atoms with E-state index in [1.54, 1.807) is 18.2 Å². The molecule has 1 fully saturated rings. The highest BCUT2D eigenvalue weighted by atomic mass is 19.4. The Hall–Kier alpha value is -1.76. The van der Waals surface area contributed by atoms with Crippen LogP contribution in [-0.4, -0.2) is 37.1 Å². The Labute approximate surface area is 140 Å². The van der Waals surface area contributed by atoms with Crippen LogP contribution in [0.5, 0.6) is 0 Å². The predicted octanol–water partition coefficient (Wildman–Crippen LogP) is 3.38. The fourth-order valence-electron chi connectivity index (χ4n) is 3.18. The zero-order valence-corrected chi connectivity index (χ0v) is 14.0. The second-order valence-electron chi connectivity index (χ2n) is 6.72. The van der Waals surface area contributed by atoms with Crippen LogP contribution in [0.1, 0.15) is 41.6 Å². The zero-order chi connectivity index (χ0) is 17.9. The van der Waals surface area contributed by atoms with Gasteiger partial charge in [-0.05, 0) is 51.1 Å². The molecule has 1 aromatic carbocycles. The quantitative estimate of drug-likeness (QED) is 0.862. The van der Waals surface area contributed by atoms with Crippen LogP contribution < -0.4 is 11.1 Å². The van der Waals surface area contributed by atoms with E-state index in [9.17, 15) is 18.0 Å². The number of hydrogen-bond donors (Lipinski definition) is 2. The SMILES string of the molecule is CN(C)Cc1ccc(C(N)=O)cc1N[C@@H]1CCC[C@@H](C(F)(F)F)C1. The van der Waals surface area contributed by atoms with Gasteiger partial charge in [-0.25, -0.2) is 0 Å². The maximum atomic E-state index is 13.0. The zero-order valence-electron chi connectivity index (χ0n) is 14.0. The predicted molar refractivity (Wildman–Crippen MR) is 87.8 cm³/mol. The van der Waals surface area contributed by atoms with Crippen molar-refractivity contribution >= 4 is 11.6 Å². The van der Waals surface area contributed by atoms with E-state index in [1.165, 1.54) is 0 Å². The summed E-state index contributed by atoms with van der Waals surface area (Å²) in [7, 11) is 3.82. The first kappa shape index (κ1) is 18.6. The van der Waals surface area contributed by atoms with Crippen LogP contribution in [0.4, 0.5) is 18.9 Å². The van der Waals surface area contributed by atoms with Gasteiger partial charge in [0.25, 0.3) is 0 Å². The molecule has 0 aromatic heterocycles. The number of carbonyl (C=O) groups is 1. The minimum Gasteiger partial charge on any atom is -0.382 e. The number of anilines is 1. The summed E-state index contributed by atoms with van der Waals surface area (Å²) in [5, 5.41) is 3.22. The molecule has 24 heavy (non-hydrogen) atoms. The van der Waals surface area contributed by atoms with E-state index in [4.69, 9.17) is 5.73 Å². The maximum absolute atomic E-state index is 13.0. The lowest BCUT2D eigenvalue weighted by atomic mass is 9.85. The molecule has 4 nitrogen and oxygen atoms in total. The van der Waals surface area contributed by atoms with Crippen molar-refractivity contribution in [2.45, 2.75) is 44.4 Å². The largest absolute Gasteiger partial charge is 0.391 e. The van der Waals surface area contributed by atoms with Crippen molar-refractivity contribution in [3.63, 3.8) is 0 Å². The van der Waals surface area contributed by atoms with Crippen molar-refractivity contribution < 1.29 is 18.0 Å². The van der Waals surface area contributed by atoms with Crippen molar-refractivity contribution in [2.24, 2.45) is 11.7 Å². The molecule has 0 spiro atoms. The Kier molecular flexibility index (Phi) is 5.74. The van der Waals surface area contributed by atoms with E-state index in [0.29, 0.717) is 30.6 Å². The Morgan fingerprint density at radius 2 is 2.04 bits per heavy atom. The van der Waals surface area contributed by atoms with Gasteiger partial charge in [0.05, 0.1) is 5.92 Å². The van der Waals surface area contributed by atoms with Crippen molar-refractivity contribution in [3.8, 4) is 0 Å². The molecule has 2 atom stereocenters. The topological polar surface area (TPSA) is 58.4 Å². The van der Waals surface area contributed by atoms with Gasteiger partial charge in [0.2, 0.25) is 5.91 Å². The average molecular weight is 343 g/mol. The van der Waals surface area contributed by atoms with Gasteiger partial charge in [0, 0.05) is 23.8 Å². The summed E-state index contributed by atoms with van der Waals surface area (Å²) in [5.74, 6) is -1.81. The molecule has 1 aliphatic rings. The van der Waals surface area contributed by atoms with Gasteiger partial charge in [0.1, 0.15) is 0 Å². The lowest BCUT2D eigenvalue weighted by Crippen LogP contribution is -2.35. The van der Waals surface area contributed by atoms with E-state index >= 15 is 0 Å². The average Bonchev–Trinajstić information content (AvgIpc) is 2.47. The number of hydrogen-bond acceptors (Lipinski definition) is 3. The fraction of sp³-hybridized carbons (Fsp3) is 0.588. The lowest BCUT2D eigenvalue weighted by Gasteiger charge is -2.32. The number of primary amides is 1. The van der Waals surface area contributed by atoms with E-state index < -0.39 is 18.0 Å². The molecular weight excluding hydrogens is 319 g/mol. The molecule has 1 aliphatic carbocycles. The van der Waals surface area contributed by atoms with Crippen LogP contribution in [-0.2, 0) is 6.54 Å². The van der Waals surface area contributed by atoms with Gasteiger partial charge >= 0.3 is 6.18 Å². The van der Waals surface area contributed by atoms with Gasteiger partial charge in [0.15, 0.2) is 0 Å². The number of nitrogens with two attached hydrogens (primary N) is 1. The molecule has 0 saturated heterocycles. The van der Waals surface area contributed by atoms with Crippen LogP contribution >= 0.6 is 0 Å². The molecule has 1 aromatic rings. The molecule has 3 N–H and O–H groups in total. The number of rotatable bonds is 5. The van der Waals surface area contributed by atoms with Gasteiger partial charge in [-0.3, -0.25) is 4.79 Å². The third kappa shape index (κ3) is 4.87. The molecule has 0 unspecified atom stereocenters. The maximum Gasteiger partial charge on any atom is 0.391 e. The molecule has 0 aliphatic heterocycles. The van der Waals surface area contributed by atoms with Gasteiger partial charge in [-0.2, -0.15) is 13.2 Å². The molecule has 2 rings (SSSR count). The second-order valence-corrected chi connectivity index (χ2v) is 6.72. The van der Waals surface area contributed by atoms with E-state index in [2.05, 4.69) is 5.32 Å². The lowest BCUT2D eigenvalue weighted by molar-refractivity contribution is -0.182. The van der Waals surface area contributed by atoms with Crippen molar-refractivity contribution in [3.05, 3.63) is 29.3 Å². The Bertz CT molecular complexity index is 587.